The van der Waals surface area contributed by atoms with E-state index >= 15 is 0 Å². The molecule has 0 amide bonds. The second-order valence-electron chi connectivity index (χ2n) is 3.85. The van der Waals surface area contributed by atoms with Gasteiger partial charge in [-0.25, -0.2) is 0 Å². The first kappa shape index (κ1) is 14.8. The van der Waals surface area contributed by atoms with Crippen molar-refractivity contribution >= 4 is 5.97 Å². The molecule has 0 saturated carbocycles. The zero-order valence-corrected chi connectivity index (χ0v) is 10.00. The first-order valence-electron chi connectivity index (χ1n) is 5.57. The molecule has 6 heteroatoms. The molecule has 1 aliphatic carbocycles. The van der Waals surface area contributed by atoms with E-state index in [0.717, 1.165) is 12.2 Å². The molecule has 0 saturated heterocycles. The number of rotatable bonds is 5. The molecule has 0 bridgehead atoms. The van der Waals surface area contributed by atoms with Gasteiger partial charge in [0.1, 0.15) is 0 Å². The molecule has 0 radical (unpaired) electrons. The number of hydrogen-bond acceptors (Lipinski definition) is 3. The van der Waals surface area contributed by atoms with Gasteiger partial charge in [-0.2, -0.15) is 13.2 Å². The summed E-state index contributed by atoms with van der Waals surface area (Å²) in [5.41, 5.74) is -0.688. The quantitative estimate of drug-likeness (QED) is 0.566. The standard InChI is InChI=1S/C12H15F3O3/c1-17-11(16)6-3-7-18-10-5-2-4-9(8-10)12(13,14)15/h2,4,8,10H,3,5-7H2,1H3. The van der Waals surface area contributed by atoms with E-state index < -0.39 is 17.9 Å². The number of carbonyl (C=O) groups is 1. The average Bonchev–Trinajstić information content (AvgIpc) is 2.33. The maximum Gasteiger partial charge on any atom is 0.416 e. The first-order chi connectivity index (χ1) is 8.43. The van der Waals surface area contributed by atoms with Crippen molar-refractivity contribution in [1.29, 1.82) is 0 Å². The van der Waals surface area contributed by atoms with E-state index in [0.29, 0.717) is 12.8 Å². The molecule has 0 N–H and O–H groups in total. The van der Waals surface area contributed by atoms with Crippen LogP contribution in [0.1, 0.15) is 19.3 Å². The lowest BCUT2D eigenvalue weighted by atomic mass is 10.0. The molecule has 0 spiro atoms. The van der Waals surface area contributed by atoms with Crippen molar-refractivity contribution < 1.29 is 27.4 Å². The molecule has 1 aliphatic rings. The van der Waals surface area contributed by atoms with Crippen LogP contribution in [0.25, 0.3) is 0 Å². The molecule has 102 valence electrons. The Morgan fingerprint density at radius 3 is 2.83 bits per heavy atom. The Labute approximate surface area is 103 Å². The summed E-state index contributed by atoms with van der Waals surface area (Å²) in [4.78, 5) is 10.8. The minimum absolute atomic E-state index is 0.203. The van der Waals surface area contributed by atoms with E-state index in [1.54, 1.807) is 0 Å². The van der Waals surface area contributed by atoms with E-state index in [4.69, 9.17) is 4.74 Å². The van der Waals surface area contributed by atoms with Crippen LogP contribution in [0.4, 0.5) is 13.2 Å². The van der Waals surface area contributed by atoms with Crippen LogP contribution < -0.4 is 0 Å². The van der Waals surface area contributed by atoms with E-state index in [1.807, 2.05) is 0 Å². The number of methoxy groups -OCH3 is 1. The highest BCUT2D eigenvalue weighted by molar-refractivity contribution is 5.68. The van der Waals surface area contributed by atoms with Gasteiger partial charge in [-0.05, 0) is 18.9 Å². The van der Waals surface area contributed by atoms with Crippen molar-refractivity contribution in [1.82, 2.24) is 0 Å². The predicted molar refractivity (Wildman–Crippen MR) is 58.9 cm³/mol. The molecule has 0 aromatic carbocycles. The first-order valence-corrected chi connectivity index (χ1v) is 5.57. The molecule has 0 heterocycles. The normalized spacial score (nSPS) is 19.6. The van der Waals surface area contributed by atoms with Crippen molar-refractivity contribution in [2.75, 3.05) is 13.7 Å². The Bertz CT molecular complexity index is 345. The average molecular weight is 264 g/mol. The SMILES string of the molecule is COC(=O)CCCOC1C=C(C(F)(F)F)C=CC1. The Morgan fingerprint density at radius 2 is 2.22 bits per heavy atom. The van der Waals surface area contributed by atoms with Gasteiger partial charge in [-0.15, -0.1) is 0 Å². The maximum absolute atomic E-state index is 12.4. The highest BCUT2D eigenvalue weighted by Gasteiger charge is 2.33. The molecular weight excluding hydrogens is 249 g/mol. The number of halogens is 3. The third kappa shape index (κ3) is 4.91. The molecule has 3 nitrogen and oxygen atoms in total. The maximum atomic E-state index is 12.4. The molecular formula is C12H15F3O3. The van der Waals surface area contributed by atoms with Crippen molar-refractivity contribution in [2.24, 2.45) is 0 Å². The molecule has 0 fully saturated rings. The smallest absolute Gasteiger partial charge is 0.416 e. The van der Waals surface area contributed by atoms with Crippen LogP contribution in [0.2, 0.25) is 0 Å². The van der Waals surface area contributed by atoms with Gasteiger partial charge in [0.25, 0.3) is 0 Å². The molecule has 18 heavy (non-hydrogen) atoms. The fourth-order valence-corrected chi connectivity index (χ4v) is 1.51. The zero-order valence-electron chi connectivity index (χ0n) is 10.00. The van der Waals surface area contributed by atoms with Gasteiger partial charge < -0.3 is 9.47 Å². The number of alkyl halides is 3. The van der Waals surface area contributed by atoms with Crippen LogP contribution in [0, 0.1) is 0 Å². The van der Waals surface area contributed by atoms with Gasteiger partial charge in [0, 0.05) is 13.0 Å². The van der Waals surface area contributed by atoms with Gasteiger partial charge in [0.15, 0.2) is 0 Å². The lowest BCUT2D eigenvalue weighted by Gasteiger charge is -2.18. The number of esters is 1. The summed E-state index contributed by atoms with van der Waals surface area (Å²) in [7, 11) is 1.29. The summed E-state index contributed by atoms with van der Waals surface area (Å²) >= 11 is 0. The van der Waals surface area contributed by atoms with Gasteiger partial charge in [-0.3, -0.25) is 4.79 Å². The lowest BCUT2D eigenvalue weighted by molar-refractivity contribution is -0.141. The molecule has 1 rings (SSSR count). The third-order valence-corrected chi connectivity index (χ3v) is 2.44. The van der Waals surface area contributed by atoms with E-state index in [2.05, 4.69) is 4.74 Å². The highest BCUT2D eigenvalue weighted by Crippen LogP contribution is 2.30. The van der Waals surface area contributed by atoms with Crippen LogP contribution in [0.5, 0.6) is 0 Å². The summed E-state index contributed by atoms with van der Waals surface area (Å²) < 4.78 is 47.0. The predicted octanol–water partition coefficient (Wildman–Crippen LogP) is 2.77. The summed E-state index contributed by atoms with van der Waals surface area (Å²) in [6.07, 6.45) is -0.316. The van der Waals surface area contributed by atoms with Crippen LogP contribution in [0.15, 0.2) is 23.8 Å². The minimum Gasteiger partial charge on any atom is -0.469 e. The second kappa shape index (κ2) is 6.58. The highest BCUT2D eigenvalue weighted by atomic mass is 19.4. The van der Waals surface area contributed by atoms with E-state index in [9.17, 15) is 18.0 Å². The lowest BCUT2D eigenvalue weighted by Crippen LogP contribution is -2.19. The Morgan fingerprint density at radius 1 is 1.50 bits per heavy atom. The van der Waals surface area contributed by atoms with Crippen molar-refractivity contribution in [2.45, 2.75) is 31.5 Å². The van der Waals surface area contributed by atoms with Crippen LogP contribution in [0.3, 0.4) is 0 Å². The van der Waals surface area contributed by atoms with Crippen LogP contribution in [-0.2, 0) is 14.3 Å². The van der Waals surface area contributed by atoms with Crippen LogP contribution in [-0.4, -0.2) is 32.0 Å². The largest absolute Gasteiger partial charge is 0.469 e. The Kier molecular flexibility index (Phi) is 5.40. The zero-order chi connectivity index (χ0) is 13.6. The number of ether oxygens (including phenoxy) is 2. The summed E-state index contributed by atoms with van der Waals surface area (Å²) in [5, 5.41) is 0. The Balaban J connectivity index is 2.34. The van der Waals surface area contributed by atoms with Crippen molar-refractivity contribution in [3.05, 3.63) is 23.8 Å². The van der Waals surface area contributed by atoms with Crippen molar-refractivity contribution in [3.63, 3.8) is 0 Å². The molecule has 0 aromatic rings. The van der Waals surface area contributed by atoms with E-state index in [1.165, 1.54) is 13.2 Å². The van der Waals surface area contributed by atoms with E-state index in [-0.39, 0.29) is 19.0 Å². The third-order valence-electron chi connectivity index (χ3n) is 2.44. The molecule has 0 aliphatic heterocycles. The summed E-state index contributed by atoms with van der Waals surface area (Å²) in [6, 6.07) is 0. The van der Waals surface area contributed by atoms with Gasteiger partial charge >= 0.3 is 12.1 Å². The fraction of sp³-hybridized carbons (Fsp3) is 0.583. The van der Waals surface area contributed by atoms with Crippen LogP contribution >= 0.6 is 0 Å². The number of carbonyl (C=O) groups excluding carboxylic acids is 1. The van der Waals surface area contributed by atoms with Gasteiger partial charge in [0.05, 0.1) is 18.8 Å². The molecule has 1 unspecified atom stereocenters. The Hall–Kier alpha value is -1.30. The number of hydrogen-bond donors (Lipinski definition) is 0. The van der Waals surface area contributed by atoms with Crippen molar-refractivity contribution in [3.8, 4) is 0 Å². The summed E-state index contributed by atoms with van der Waals surface area (Å²) in [6.45, 7) is 0.231. The number of allylic oxidation sites excluding steroid dienone is 2. The topological polar surface area (TPSA) is 35.5 Å². The molecule has 0 aromatic heterocycles. The van der Waals surface area contributed by atoms with Gasteiger partial charge in [0.2, 0.25) is 0 Å². The fourth-order valence-electron chi connectivity index (χ4n) is 1.51. The second-order valence-corrected chi connectivity index (χ2v) is 3.85. The monoisotopic (exact) mass is 264 g/mol. The van der Waals surface area contributed by atoms with Gasteiger partial charge in [-0.1, -0.05) is 12.2 Å². The molecule has 1 atom stereocenters. The summed E-state index contributed by atoms with van der Waals surface area (Å²) in [5.74, 6) is -0.353. The minimum atomic E-state index is -4.34.